The van der Waals surface area contributed by atoms with Gasteiger partial charge in [0.2, 0.25) is 5.91 Å². The minimum absolute atomic E-state index is 0.179. The van der Waals surface area contributed by atoms with Gasteiger partial charge in [0.05, 0.1) is 5.56 Å². The van der Waals surface area contributed by atoms with Crippen LogP contribution in [0.3, 0.4) is 0 Å². The van der Waals surface area contributed by atoms with Gasteiger partial charge in [-0.05, 0) is 18.6 Å². The zero-order valence-electron chi connectivity index (χ0n) is 12.1. The van der Waals surface area contributed by atoms with Crippen molar-refractivity contribution in [2.75, 3.05) is 24.6 Å². The number of carbonyl (C=O) groups excluding carboxylic acids is 1. The van der Waals surface area contributed by atoms with Crippen molar-refractivity contribution in [3.8, 4) is 11.1 Å². The lowest BCUT2D eigenvalue weighted by molar-refractivity contribution is 0.1000. The number of nitrogens with zero attached hydrogens (tertiary/aromatic N) is 3. The SMILES string of the molecule is NC(=O)c1cnc(N2CCC(CO)C2)c(-c2cccnc2)c1. The van der Waals surface area contributed by atoms with E-state index in [4.69, 9.17) is 5.73 Å². The van der Waals surface area contributed by atoms with Gasteiger partial charge in [-0.1, -0.05) is 6.07 Å². The lowest BCUT2D eigenvalue weighted by Gasteiger charge is -2.21. The number of aromatic nitrogens is 2. The van der Waals surface area contributed by atoms with E-state index in [1.165, 1.54) is 6.20 Å². The summed E-state index contributed by atoms with van der Waals surface area (Å²) in [5, 5.41) is 9.32. The predicted molar refractivity (Wildman–Crippen MR) is 83.4 cm³/mol. The molecular formula is C16H18N4O2. The van der Waals surface area contributed by atoms with E-state index in [1.807, 2.05) is 12.1 Å². The first-order chi connectivity index (χ1) is 10.7. The van der Waals surface area contributed by atoms with Crippen molar-refractivity contribution in [3.05, 3.63) is 42.4 Å². The monoisotopic (exact) mass is 298 g/mol. The van der Waals surface area contributed by atoms with Gasteiger partial charge in [0.1, 0.15) is 5.82 Å². The Morgan fingerprint density at radius 1 is 1.45 bits per heavy atom. The molecule has 1 saturated heterocycles. The zero-order valence-corrected chi connectivity index (χ0v) is 12.1. The molecule has 0 radical (unpaired) electrons. The predicted octanol–water partition coefficient (Wildman–Crippen LogP) is 1.06. The first kappa shape index (κ1) is 14.5. The van der Waals surface area contributed by atoms with E-state index in [0.717, 1.165) is 36.5 Å². The number of nitrogens with two attached hydrogens (primary N) is 1. The second-order valence-electron chi connectivity index (χ2n) is 5.48. The summed E-state index contributed by atoms with van der Waals surface area (Å²) >= 11 is 0. The number of aliphatic hydroxyl groups is 1. The summed E-state index contributed by atoms with van der Waals surface area (Å²) in [6.45, 7) is 1.77. The fourth-order valence-electron chi connectivity index (χ4n) is 2.75. The standard InChI is InChI=1S/C16H18N4O2/c17-15(22)13-6-14(12-2-1-4-18-7-12)16(19-8-13)20-5-3-11(9-20)10-21/h1-2,4,6-8,11,21H,3,5,9-10H2,(H2,17,22). The molecule has 2 aromatic rings. The quantitative estimate of drug-likeness (QED) is 0.880. The van der Waals surface area contributed by atoms with Crippen LogP contribution in [0.5, 0.6) is 0 Å². The summed E-state index contributed by atoms with van der Waals surface area (Å²) in [4.78, 5) is 22.1. The van der Waals surface area contributed by atoms with Crippen LogP contribution in [0.15, 0.2) is 36.8 Å². The van der Waals surface area contributed by atoms with Gasteiger partial charge in [-0.15, -0.1) is 0 Å². The smallest absolute Gasteiger partial charge is 0.250 e. The molecule has 3 heterocycles. The van der Waals surface area contributed by atoms with Crippen LogP contribution in [-0.2, 0) is 0 Å². The summed E-state index contributed by atoms with van der Waals surface area (Å²) in [7, 11) is 0. The van der Waals surface area contributed by atoms with Gasteiger partial charge >= 0.3 is 0 Å². The van der Waals surface area contributed by atoms with Crippen LogP contribution < -0.4 is 10.6 Å². The molecule has 3 N–H and O–H groups in total. The van der Waals surface area contributed by atoms with E-state index < -0.39 is 5.91 Å². The van der Waals surface area contributed by atoms with Gasteiger partial charge in [-0.25, -0.2) is 4.98 Å². The second-order valence-corrected chi connectivity index (χ2v) is 5.48. The van der Waals surface area contributed by atoms with E-state index in [9.17, 15) is 9.90 Å². The lowest BCUT2D eigenvalue weighted by atomic mass is 10.1. The largest absolute Gasteiger partial charge is 0.396 e. The number of carbonyl (C=O) groups is 1. The number of pyridine rings is 2. The fraction of sp³-hybridized carbons (Fsp3) is 0.312. The van der Waals surface area contributed by atoms with Crippen molar-refractivity contribution >= 4 is 11.7 Å². The van der Waals surface area contributed by atoms with Crippen LogP contribution in [-0.4, -0.2) is 40.7 Å². The fourth-order valence-corrected chi connectivity index (χ4v) is 2.75. The Hall–Kier alpha value is -2.47. The Kier molecular flexibility index (Phi) is 4.02. The Morgan fingerprint density at radius 2 is 2.32 bits per heavy atom. The summed E-state index contributed by atoms with van der Waals surface area (Å²) in [5.41, 5.74) is 7.47. The Balaban J connectivity index is 2.04. The zero-order chi connectivity index (χ0) is 15.5. The molecule has 1 aliphatic rings. The molecule has 6 nitrogen and oxygen atoms in total. The van der Waals surface area contributed by atoms with E-state index in [0.29, 0.717) is 5.56 Å². The van der Waals surface area contributed by atoms with E-state index in [-0.39, 0.29) is 12.5 Å². The highest BCUT2D eigenvalue weighted by atomic mass is 16.3. The van der Waals surface area contributed by atoms with Crippen molar-refractivity contribution in [1.29, 1.82) is 0 Å². The minimum atomic E-state index is -0.501. The van der Waals surface area contributed by atoms with Crippen molar-refractivity contribution in [1.82, 2.24) is 9.97 Å². The number of primary amides is 1. The number of rotatable bonds is 4. The molecule has 1 aliphatic heterocycles. The number of amides is 1. The number of aliphatic hydroxyl groups excluding tert-OH is 1. The third-order valence-electron chi connectivity index (χ3n) is 3.97. The normalized spacial score (nSPS) is 17.7. The van der Waals surface area contributed by atoms with Gasteiger partial charge in [0.15, 0.2) is 0 Å². The van der Waals surface area contributed by atoms with Gasteiger partial charge in [0.25, 0.3) is 0 Å². The van der Waals surface area contributed by atoms with Crippen molar-refractivity contribution in [3.63, 3.8) is 0 Å². The van der Waals surface area contributed by atoms with E-state index in [2.05, 4.69) is 14.9 Å². The molecule has 1 atom stereocenters. The maximum Gasteiger partial charge on any atom is 0.250 e. The summed E-state index contributed by atoms with van der Waals surface area (Å²) in [5.74, 6) is 0.562. The molecule has 0 aliphatic carbocycles. The highest BCUT2D eigenvalue weighted by Gasteiger charge is 2.25. The maximum absolute atomic E-state index is 11.4. The summed E-state index contributed by atoms with van der Waals surface area (Å²) in [6, 6.07) is 5.53. The van der Waals surface area contributed by atoms with E-state index >= 15 is 0 Å². The van der Waals surface area contributed by atoms with Crippen molar-refractivity contribution < 1.29 is 9.90 Å². The molecular weight excluding hydrogens is 280 g/mol. The molecule has 1 unspecified atom stereocenters. The molecule has 0 aromatic carbocycles. The molecule has 0 bridgehead atoms. The number of anilines is 1. The molecule has 0 spiro atoms. The number of hydrogen-bond donors (Lipinski definition) is 2. The molecule has 1 amide bonds. The molecule has 3 rings (SSSR count). The topological polar surface area (TPSA) is 92.3 Å². The molecule has 1 fully saturated rings. The first-order valence-corrected chi connectivity index (χ1v) is 7.25. The van der Waals surface area contributed by atoms with Crippen LogP contribution in [0.2, 0.25) is 0 Å². The average Bonchev–Trinajstić information content (AvgIpc) is 3.04. The maximum atomic E-state index is 11.4. The van der Waals surface area contributed by atoms with Crippen LogP contribution in [0.25, 0.3) is 11.1 Å². The van der Waals surface area contributed by atoms with Gasteiger partial charge < -0.3 is 15.7 Å². The third kappa shape index (κ3) is 2.78. The lowest BCUT2D eigenvalue weighted by Crippen LogP contribution is -2.23. The van der Waals surface area contributed by atoms with Gasteiger partial charge in [0, 0.05) is 55.3 Å². The van der Waals surface area contributed by atoms with Crippen LogP contribution in [0, 0.1) is 5.92 Å². The molecule has 2 aromatic heterocycles. The van der Waals surface area contributed by atoms with E-state index in [1.54, 1.807) is 18.5 Å². The van der Waals surface area contributed by atoms with Gasteiger partial charge in [-0.2, -0.15) is 0 Å². The van der Waals surface area contributed by atoms with Crippen LogP contribution >= 0.6 is 0 Å². The second kappa shape index (κ2) is 6.11. The van der Waals surface area contributed by atoms with Crippen molar-refractivity contribution in [2.45, 2.75) is 6.42 Å². The highest BCUT2D eigenvalue weighted by Crippen LogP contribution is 2.32. The Labute approximate surface area is 128 Å². The van der Waals surface area contributed by atoms with Gasteiger partial charge in [-0.3, -0.25) is 9.78 Å². The third-order valence-corrected chi connectivity index (χ3v) is 3.97. The summed E-state index contributed by atoms with van der Waals surface area (Å²) < 4.78 is 0. The molecule has 0 saturated carbocycles. The Morgan fingerprint density at radius 3 is 2.95 bits per heavy atom. The minimum Gasteiger partial charge on any atom is -0.396 e. The average molecular weight is 298 g/mol. The number of hydrogen-bond acceptors (Lipinski definition) is 5. The van der Waals surface area contributed by atoms with Crippen LogP contribution in [0.4, 0.5) is 5.82 Å². The molecule has 22 heavy (non-hydrogen) atoms. The highest BCUT2D eigenvalue weighted by molar-refractivity contribution is 5.95. The Bertz CT molecular complexity index is 675. The van der Waals surface area contributed by atoms with Crippen LogP contribution in [0.1, 0.15) is 16.8 Å². The van der Waals surface area contributed by atoms with Crippen molar-refractivity contribution in [2.24, 2.45) is 11.7 Å². The molecule has 6 heteroatoms. The summed E-state index contributed by atoms with van der Waals surface area (Å²) in [6.07, 6.45) is 5.88. The first-order valence-electron chi connectivity index (χ1n) is 7.25. The molecule has 114 valence electrons.